The molecule has 3 N–H and O–H groups in total. The first kappa shape index (κ1) is 12.7. The molecule has 0 unspecified atom stereocenters. The molecule has 0 aliphatic heterocycles. The highest BCUT2D eigenvalue weighted by molar-refractivity contribution is 5.89. The number of carbonyl (C=O) groups excluding carboxylic acids is 3. The molecule has 0 heterocycles. The molecule has 1 saturated carbocycles. The van der Waals surface area contributed by atoms with Gasteiger partial charge in [0, 0.05) is 18.8 Å². The van der Waals surface area contributed by atoms with Crippen LogP contribution in [0.3, 0.4) is 0 Å². The maximum absolute atomic E-state index is 11.4. The zero-order valence-corrected chi connectivity index (χ0v) is 9.49. The summed E-state index contributed by atoms with van der Waals surface area (Å²) in [4.78, 5) is 33.6. The van der Waals surface area contributed by atoms with Crippen molar-refractivity contribution in [3.63, 3.8) is 0 Å². The molecular weight excluding hydrogens is 208 g/mol. The van der Waals surface area contributed by atoms with Gasteiger partial charge < -0.3 is 11.1 Å². The predicted octanol–water partition coefficient (Wildman–Crippen LogP) is 0.126. The van der Waals surface area contributed by atoms with Gasteiger partial charge in [0.15, 0.2) is 0 Å². The van der Waals surface area contributed by atoms with Crippen LogP contribution in [0.5, 0.6) is 0 Å². The van der Waals surface area contributed by atoms with Crippen LogP contribution >= 0.6 is 0 Å². The highest BCUT2D eigenvalue weighted by atomic mass is 16.2. The molecule has 0 aromatic rings. The third-order valence-electron chi connectivity index (χ3n) is 2.71. The number of primary amides is 1. The molecule has 0 aromatic carbocycles. The molecule has 1 rings (SSSR count). The Kier molecular flexibility index (Phi) is 4.46. The Morgan fingerprint density at radius 1 is 1.38 bits per heavy atom. The van der Waals surface area contributed by atoms with Crippen molar-refractivity contribution >= 4 is 17.6 Å². The second-order valence-electron chi connectivity index (χ2n) is 4.17. The molecule has 0 saturated heterocycles. The molecule has 5 heteroatoms. The molecule has 0 radical (unpaired) electrons. The lowest BCUT2D eigenvalue weighted by Gasteiger charge is -2.14. The van der Waals surface area contributed by atoms with Crippen molar-refractivity contribution < 1.29 is 14.4 Å². The zero-order chi connectivity index (χ0) is 12.1. The Morgan fingerprint density at radius 2 is 2.00 bits per heavy atom. The van der Waals surface area contributed by atoms with Crippen molar-refractivity contribution in [1.29, 1.82) is 0 Å². The van der Waals surface area contributed by atoms with Crippen molar-refractivity contribution in [3.05, 3.63) is 0 Å². The first-order valence-corrected chi connectivity index (χ1v) is 5.66. The molecule has 1 aliphatic rings. The Balaban J connectivity index is 2.37. The minimum absolute atomic E-state index is 0.0451. The minimum Gasteiger partial charge on any atom is -0.368 e. The van der Waals surface area contributed by atoms with Gasteiger partial charge in [0.1, 0.15) is 11.8 Å². The smallest absolute Gasteiger partial charge is 0.240 e. The van der Waals surface area contributed by atoms with Crippen LogP contribution in [0.15, 0.2) is 0 Å². The van der Waals surface area contributed by atoms with Crippen LogP contribution in [-0.2, 0) is 14.4 Å². The van der Waals surface area contributed by atoms with Crippen LogP contribution in [0.1, 0.15) is 39.0 Å². The monoisotopic (exact) mass is 226 g/mol. The van der Waals surface area contributed by atoms with Gasteiger partial charge in [0.05, 0.1) is 0 Å². The molecule has 0 bridgehead atoms. The SMILES string of the molecule is CCC(=O)CC[C@H](NC(=O)C1CC1)C(N)=O. The Labute approximate surface area is 94.8 Å². The van der Waals surface area contributed by atoms with Crippen molar-refractivity contribution in [2.45, 2.75) is 45.1 Å². The normalized spacial score (nSPS) is 16.6. The van der Waals surface area contributed by atoms with E-state index < -0.39 is 11.9 Å². The van der Waals surface area contributed by atoms with Gasteiger partial charge >= 0.3 is 0 Å². The number of Topliss-reactive ketones (excluding diaryl/α,β-unsaturated/α-hetero) is 1. The summed E-state index contributed by atoms with van der Waals surface area (Å²) in [5, 5.41) is 2.59. The molecule has 5 nitrogen and oxygen atoms in total. The lowest BCUT2D eigenvalue weighted by atomic mass is 10.1. The fraction of sp³-hybridized carbons (Fsp3) is 0.727. The molecule has 0 aromatic heterocycles. The van der Waals surface area contributed by atoms with E-state index in [0.29, 0.717) is 12.8 Å². The zero-order valence-electron chi connectivity index (χ0n) is 9.49. The molecule has 1 aliphatic carbocycles. The van der Waals surface area contributed by atoms with E-state index in [4.69, 9.17) is 5.73 Å². The summed E-state index contributed by atoms with van der Waals surface area (Å²) in [6.45, 7) is 1.77. The van der Waals surface area contributed by atoms with E-state index in [1.54, 1.807) is 6.92 Å². The number of rotatable bonds is 7. The number of amides is 2. The third-order valence-corrected chi connectivity index (χ3v) is 2.71. The van der Waals surface area contributed by atoms with E-state index in [2.05, 4.69) is 5.32 Å². The van der Waals surface area contributed by atoms with E-state index in [9.17, 15) is 14.4 Å². The summed E-state index contributed by atoms with van der Waals surface area (Å²) < 4.78 is 0. The van der Waals surface area contributed by atoms with E-state index in [-0.39, 0.29) is 24.0 Å². The lowest BCUT2D eigenvalue weighted by molar-refractivity contribution is -0.128. The largest absolute Gasteiger partial charge is 0.368 e. The molecule has 1 atom stereocenters. The third kappa shape index (κ3) is 4.00. The number of nitrogens with one attached hydrogen (secondary N) is 1. The Hall–Kier alpha value is -1.39. The van der Waals surface area contributed by atoms with E-state index in [1.807, 2.05) is 0 Å². The second-order valence-corrected chi connectivity index (χ2v) is 4.17. The average Bonchev–Trinajstić information content (AvgIpc) is 3.06. The van der Waals surface area contributed by atoms with Crippen LogP contribution < -0.4 is 11.1 Å². The quantitative estimate of drug-likeness (QED) is 0.646. The summed E-state index contributed by atoms with van der Waals surface area (Å²) in [6.07, 6.45) is 2.80. The highest BCUT2D eigenvalue weighted by Gasteiger charge is 2.32. The molecule has 90 valence electrons. The maximum atomic E-state index is 11.4. The van der Waals surface area contributed by atoms with Gasteiger partial charge in [0.2, 0.25) is 11.8 Å². The van der Waals surface area contributed by atoms with Crippen molar-refractivity contribution in [2.24, 2.45) is 11.7 Å². The van der Waals surface area contributed by atoms with Gasteiger partial charge in [0.25, 0.3) is 0 Å². The van der Waals surface area contributed by atoms with Crippen LogP contribution in [-0.4, -0.2) is 23.6 Å². The van der Waals surface area contributed by atoms with Crippen molar-refractivity contribution in [1.82, 2.24) is 5.32 Å². The van der Waals surface area contributed by atoms with Crippen LogP contribution in [0.2, 0.25) is 0 Å². The molecule has 16 heavy (non-hydrogen) atoms. The van der Waals surface area contributed by atoms with Crippen molar-refractivity contribution in [3.8, 4) is 0 Å². The highest BCUT2D eigenvalue weighted by Crippen LogP contribution is 2.28. The first-order valence-electron chi connectivity index (χ1n) is 5.66. The van der Waals surface area contributed by atoms with Crippen LogP contribution in [0.4, 0.5) is 0 Å². The average molecular weight is 226 g/mol. The van der Waals surface area contributed by atoms with Gasteiger partial charge in [-0.25, -0.2) is 0 Å². The van der Waals surface area contributed by atoms with Crippen molar-refractivity contribution in [2.75, 3.05) is 0 Å². The molecular formula is C11H18N2O3. The molecule has 2 amide bonds. The predicted molar refractivity (Wildman–Crippen MR) is 58.4 cm³/mol. The standard InChI is InChI=1S/C11H18N2O3/c1-2-8(14)5-6-9(10(12)15)13-11(16)7-3-4-7/h7,9H,2-6H2,1H3,(H2,12,15)(H,13,16)/t9-/m0/s1. The summed E-state index contributed by atoms with van der Waals surface area (Å²) >= 11 is 0. The first-order chi connectivity index (χ1) is 7.54. The van der Waals surface area contributed by atoms with Crippen LogP contribution in [0.25, 0.3) is 0 Å². The Bertz CT molecular complexity index is 298. The molecule has 0 spiro atoms. The topological polar surface area (TPSA) is 89.3 Å². The minimum atomic E-state index is -0.705. The van der Waals surface area contributed by atoms with Gasteiger partial charge in [-0.15, -0.1) is 0 Å². The summed E-state index contributed by atoms with van der Waals surface area (Å²) in [6, 6.07) is -0.705. The van der Waals surface area contributed by atoms with E-state index >= 15 is 0 Å². The molecule has 1 fully saturated rings. The summed E-state index contributed by atoms with van der Waals surface area (Å²) in [7, 11) is 0. The van der Waals surface area contributed by atoms with Crippen LogP contribution in [0, 0.1) is 5.92 Å². The number of ketones is 1. The second kappa shape index (κ2) is 5.63. The van der Waals surface area contributed by atoms with Gasteiger partial charge in [-0.05, 0) is 19.3 Å². The fourth-order valence-corrected chi connectivity index (χ4v) is 1.40. The van der Waals surface area contributed by atoms with Gasteiger partial charge in [-0.1, -0.05) is 6.92 Å². The fourth-order valence-electron chi connectivity index (χ4n) is 1.40. The number of hydrogen-bond donors (Lipinski definition) is 2. The maximum Gasteiger partial charge on any atom is 0.240 e. The lowest BCUT2D eigenvalue weighted by Crippen LogP contribution is -2.45. The number of hydrogen-bond acceptors (Lipinski definition) is 3. The van der Waals surface area contributed by atoms with Gasteiger partial charge in [-0.2, -0.15) is 0 Å². The summed E-state index contributed by atoms with van der Waals surface area (Å²) in [5.74, 6) is -0.568. The number of nitrogens with two attached hydrogens (primary N) is 1. The Morgan fingerprint density at radius 3 is 2.44 bits per heavy atom. The van der Waals surface area contributed by atoms with E-state index in [0.717, 1.165) is 12.8 Å². The van der Waals surface area contributed by atoms with Gasteiger partial charge in [-0.3, -0.25) is 14.4 Å². The van der Waals surface area contributed by atoms with E-state index in [1.165, 1.54) is 0 Å². The summed E-state index contributed by atoms with van der Waals surface area (Å²) in [5.41, 5.74) is 5.17. The number of carbonyl (C=O) groups is 3.